The molecule has 2 rings (SSSR count). The molecular formula is C12H21N3S. The monoisotopic (exact) mass is 239 g/mol. The molecule has 3 nitrogen and oxygen atoms in total. The quantitative estimate of drug-likeness (QED) is 0.798. The number of rotatable bonds is 2. The lowest BCUT2D eigenvalue weighted by molar-refractivity contribution is 0.289. The molecule has 0 saturated heterocycles. The summed E-state index contributed by atoms with van der Waals surface area (Å²) in [4.78, 5) is 0. The highest BCUT2D eigenvalue weighted by atomic mass is 32.1. The number of aromatic nitrogens is 3. The molecule has 16 heavy (non-hydrogen) atoms. The van der Waals surface area contributed by atoms with Crippen LogP contribution in [0.5, 0.6) is 0 Å². The maximum atomic E-state index is 5.31. The zero-order valence-corrected chi connectivity index (χ0v) is 11.2. The fourth-order valence-corrected chi connectivity index (χ4v) is 3.11. The fourth-order valence-electron chi connectivity index (χ4n) is 2.77. The SMILES string of the molecule is CC(C)n1c(C2(C)CCCCC2)n[nH]c1=S. The van der Waals surface area contributed by atoms with Gasteiger partial charge in [-0.3, -0.25) is 5.10 Å². The van der Waals surface area contributed by atoms with E-state index in [1.807, 2.05) is 0 Å². The third-order valence-electron chi connectivity index (χ3n) is 3.72. The number of hydrogen-bond acceptors (Lipinski definition) is 2. The van der Waals surface area contributed by atoms with Gasteiger partial charge in [0, 0.05) is 11.5 Å². The van der Waals surface area contributed by atoms with E-state index in [2.05, 4.69) is 35.5 Å². The molecule has 0 aliphatic heterocycles. The first-order valence-electron chi connectivity index (χ1n) is 6.22. The highest BCUT2D eigenvalue weighted by Gasteiger charge is 2.34. The van der Waals surface area contributed by atoms with Gasteiger partial charge in [0.1, 0.15) is 5.82 Å². The standard InChI is InChI=1S/C12H21N3S/c1-9(2)15-10(13-14-11(15)16)12(3)7-5-4-6-8-12/h9H,4-8H2,1-3H3,(H,14,16). The Balaban J connectivity index is 2.42. The van der Waals surface area contributed by atoms with Crippen LogP contribution in [0, 0.1) is 4.77 Å². The lowest BCUT2D eigenvalue weighted by atomic mass is 9.75. The zero-order valence-electron chi connectivity index (χ0n) is 10.4. The molecule has 0 spiro atoms. The van der Waals surface area contributed by atoms with Crippen molar-refractivity contribution in [3.8, 4) is 0 Å². The van der Waals surface area contributed by atoms with E-state index >= 15 is 0 Å². The van der Waals surface area contributed by atoms with E-state index in [0.29, 0.717) is 6.04 Å². The van der Waals surface area contributed by atoms with Gasteiger partial charge in [0.2, 0.25) is 0 Å². The number of aromatic amines is 1. The largest absolute Gasteiger partial charge is 0.301 e. The molecule has 0 atom stereocenters. The van der Waals surface area contributed by atoms with Gasteiger partial charge in [0.15, 0.2) is 4.77 Å². The molecule has 1 aromatic heterocycles. The maximum Gasteiger partial charge on any atom is 0.195 e. The molecule has 1 fully saturated rings. The molecule has 0 radical (unpaired) electrons. The summed E-state index contributed by atoms with van der Waals surface area (Å²) in [5.41, 5.74) is 0.218. The van der Waals surface area contributed by atoms with Crippen molar-refractivity contribution in [2.75, 3.05) is 0 Å². The first-order valence-corrected chi connectivity index (χ1v) is 6.63. The van der Waals surface area contributed by atoms with Crippen molar-refractivity contribution in [2.24, 2.45) is 0 Å². The molecule has 0 unspecified atom stereocenters. The van der Waals surface area contributed by atoms with Gasteiger partial charge in [-0.25, -0.2) is 0 Å². The van der Waals surface area contributed by atoms with E-state index in [4.69, 9.17) is 12.2 Å². The molecule has 1 N–H and O–H groups in total. The average molecular weight is 239 g/mol. The van der Waals surface area contributed by atoms with Gasteiger partial charge in [0.25, 0.3) is 0 Å². The molecule has 0 bridgehead atoms. The highest BCUT2D eigenvalue weighted by Crippen LogP contribution is 2.38. The van der Waals surface area contributed by atoms with Crippen LogP contribution >= 0.6 is 12.2 Å². The van der Waals surface area contributed by atoms with Crippen molar-refractivity contribution >= 4 is 12.2 Å². The minimum Gasteiger partial charge on any atom is -0.301 e. The van der Waals surface area contributed by atoms with Crippen LogP contribution in [0.2, 0.25) is 0 Å². The first kappa shape index (κ1) is 11.8. The van der Waals surface area contributed by atoms with E-state index in [-0.39, 0.29) is 5.41 Å². The molecule has 0 aromatic carbocycles. The Morgan fingerprint density at radius 1 is 1.31 bits per heavy atom. The molecule has 1 aromatic rings. The van der Waals surface area contributed by atoms with Crippen LogP contribution in [-0.4, -0.2) is 14.8 Å². The van der Waals surface area contributed by atoms with Crippen LogP contribution in [0.25, 0.3) is 0 Å². The van der Waals surface area contributed by atoms with E-state index in [0.717, 1.165) is 10.6 Å². The summed E-state index contributed by atoms with van der Waals surface area (Å²) in [6, 6.07) is 0.389. The van der Waals surface area contributed by atoms with Crippen molar-refractivity contribution in [3.05, 3.63) is 10.6 Å². The second kappa shape index (κ2) is 4.32. The fraction of sp³-hybridized carbons (Fsp3) is 0.833. The Morgan fingerprint density at radius 3 is 2.50 bits per heavy atom. The van der Waals surface area contributed by atoms with Crippen LogP contribution in [0.15, 0.2) is 0 Å². The lowest BCUT2D eigenvalue weighted by Gasteiger charge is -2.33. The minimum atomic E-state index is 0.218. The third-order valence-corrected chi connectivity index (χ3v) is 4.01. The van der Waals surface area contributed by atoms with Crippen molar-refractivity contribution < 1.29 is 0 Å². The average Bonchev–Trinajstić information content (AvgIpc) is 2.62. The van der Waals surface area contributed by atoms with Gasteiger partial charge in [-0.2, -0.15) is 5.10 Å². The van der Waals surface area contributed by atoms with Gasteiger partial charge >= 0.3 is 0 Å². The highest BCUT2D eigenvalue weighted by molar-refractivity contribution is 7.71. The van der Waals surface area contributed by atoms with Gasteiger partial charge in [-0.05, 0) is 38.9 Å². The molecule has 90 valence electrons. The second-order valence-corrected chi connectivity index (χ2v) is 5.82. The summed E-state index contributed by atoms with van der Waals surface area (Å²) in [7, 11) is 0. The van der Waals surface area contributed by atoms with Gasteiger partial charge in [-0.15, -0.1) is 0 Å². The number of nitrogens with one attached hydrogen (secondary N) is 1. The predicted octanol–water partition coefficient (Wildman–Crippen LogP) is 3.74. The third kappa shape index (κ3) is 1.95. The smallest absolute Gasteiger partial charge is 0.195 e. The van der Waals surface area contributed by atoms with Gasteiger partial charge in [-0.1, -0.05) is 26.2 Å². The van der Waals surface area contributed by atoms with Crippen molar-refractivity contribution in [2.45, 2.75) is 64.3 Å². The molecular weight excluding hydrogens is 218 g/mol. The van der Waals surface area contributed by atoms with Crippen LogP contribution in [0.4, 0.5) is 0 Å². The van der Waals surface area contributed by atoms with E-state index in [1.54, 1.807) is 0 Å². The topological polar surface area (TPSA) is 33.6 Å². The predicted molar refractivity (Wildman–Crippen MR) is 68.2 cm³/mol. The molecule has 1 heterocycles. The summed E-state index contributed by atoms with van der Waals surface area (Å²) in [5.74, 6) is 1.16. The Morgan fingerprint density at radius 2 is 1.94 bits per heavy atom. The molecule has 0 amide bonds. The Hall–Kier alpha value is -0.640. The van der Waals surface area contributed by atoms with Crippen LogP contribution < -0.4 is 0 Å². The van der Waals surface area contributed by atoms with Crippen LogP contribution in [0.3, 0.4) is 0 Å². The Labute approximate surface area is 102 Å². The molecule has 1 aliphatic rings. The van der Waals surface area contributed by atoms with Crippen molar-refractivity contribution in [1.29, 1.82) is 0 Å². The number of H-pyrrole nitrogens is 1. The van der Waals surface area contributed by atoms with E-state index in [9.17, 15) is 0 Å². The zero-order chi connectivity index (χ0) is 11.8. The number of hydrogen-bond donors (Lipinski definition) is 1. The molecule has 1 saturated carbocycles. The normalized spacial score (nSPS) is 20.2. The van der Waals surface area contributed by atoms with E-state index < -0.39 is 0 Å². The Kier molecular flexibility index (Phi) is 3.19. The van der Waals surface area contributed by atoms with Crippen molar-refractivity contribution in [1.82, 2.24) is 14.8 Å². The minimum absolute atomic E-state index is 0.218. The summed E-state index contributed by atoms with van der Waals surface area (Å²) in [5, 5.41) is 7.44. The molecule has 4 heteroatoms. The molecule has 1 aliphatic carbocycles. The lowest BCUT2D eigenvalue weighted by Crippen LogP contribution is -2.29. The summed E-state index contributed by atoms with van der Waals surface area (Å²) in [6.45, 7) is 6.66. The Bertz CT molecular complexity index is 410. The summed E-state index contributed by atoms with van der Waals surface area (Å²) in [6.07, 6.45) is 6.46. The summed E-state index contributed by atoms with van der Waals surface area (Å²) < 4.78 is 2.94. The van der Waals surface area contributed by atoms with Crippen LogP contribution in [0.1, 0.15) is 64.7 Å². The van der Waals surface area contributed by atoms with Gasteiger partial charge < -0.3 is 4.57 Å². The number of nitrogens with zero attached hydrogens (tertiary/aromatic N) is 2. The van der Waals surface area contributed by atoms with Crippen molar-refractivity contribution in [3.63, 3.8) is 0 Å². The van der Waals surface area contributed by atoms with Crippen LogP contribution in [-0.2, 0) is 5.41 Å². The van der Waals surface area contributed by atoms with E-state index in [1.165, 1.54) is 32.1 Å². The second-order valence-electron chi connectivity index (χ2n) is 5.44. The summed E-state index contributed by atoms with van der Waals surface area (Å²) >= 11 is 5.31. The first-order chi connectivity index (χ1) is 7.54. The van der Waals surface area contributed by atoms with Gasteiger partial charge in [0.05, 0.1) is 0 Å². The maximum absolute atomic E-state index is 5.31.